The van der Waals surface area contributed by atoms with Crippen molar-refractivity contribution in [3.8, 4) is 0 Å². The van der Waals surface area contributed by atoms with E-state index in [0.29, 0.717) is 0 Å². The van der Waals surface area contributed by atoms with Crippen LogP contribution in [0.1, 0.15) is 6.92 Å². The van der Waals surface area contributed by atoms with Crippen molar-refractivity contribution in [3.05, 3.63) is 0 Å². The van der Waals surface area contributed by atoms with Crippen molar-refractivity contribution in [3.63, 3.8) is 0 Å². The third-order valence-corrected chi connectivity index (χ3v) is 4.31. The van der Waals surface area contributed by atoms with Crippen LogP contribution in [0, 0.1) is 0 Å². The first kappa shape index (κ1) is 9.86. The molecular weight excluding hydrogens is 168 g/mol. The summed E-state index contributed by atoms with van der Waals surface area (Å²) in [4.78, 5) is 0. The lowest BCUT2D eigenvalue weighted by atomic mass is 10.9. The van der Waals surface area contributed by atoms with Crippen LogP contribution in [0.5, 0.6) is 0 Å². The molecule has 0 aliphatic carbocycles. The maximum Gasteiger partial charge on any atom is 0.151 e. The standard InChI is InChI=1S/C6H15ClSSi/c1-4-8-5-6-9(2,3)7/h4-6H2,1-3H3. The summed E-state index contributed by atoms with van der Waals surface area (Å²) in [6.45, 7) is 6.59. The predicted molar refractivity (Wildman–Crippen MR) is 51.1 cm³/mol. The Morgan fingerprint density at radius 1 is 1.44 bits per heavy atom. The summed E-state index contributed by atoms with van der Waals surface area (Å²) in [7, 11) is -1.24. The van der Waals surface area contributed by atoms with E-state index in [1.165, 1.54) is 17.5 Å². The van der Waals surface area contributed by atoms with Gasteiger partial charge in [-0.05, 0) is 17.5 Å². The average Bonchev–Trinajstić information content (AvgIpc) is 1.63. The van der Waals surface area contributed by atoms with E-state index in [1.54, 1.807) is 0 Å². The highest BCUT2D eigenvalue weighted by molar-refractivity contribution is 7.99. The molecule has 3 heteroatoms. The fraction of sp³-hybridized carbons (Fsp3) is 1.00. The maximum atomic E-state index is 6.09. The van der Waals surface area contributed by atoms with Crippen molar-refractivity contribution >= 4 is 30.2 Å². The smallest absolute Gasteiger partial charge is 0.151 e. The van der Waals surface area contributed by atoms with Crippen LogP contribution in [0.3, 0.4) is 0 Å². The van der Waals surface area contributed by atoms with Gasteiger partial charge in [0.05, 0.1) is 0 Å². The van der Waals surface area contributed by atoms with Gasteiger partial charge >= 0.3 is 0 Å². The summed E-state index contributed by atoms with van der Waals surface area (Å²) < 4.78 is 0. The highest BCUT2D eigenvalue weighted by Gasteiger charge is 2.15. The molecule has 0 N–H and O–H groups in total. The van der Waals surface area contributed by atoms with Gasteiger partial charge in [-0.1, -0.05) is 20.0 Å². The topological polar surface area (TPSA) is 0 Å². The second-order valence-electron chi connectivity index (χ2n) is 2.67. The third kappa shape index (κ3) is 8.86. The fourth-order valence-electron chi connectivity index (χ4n) is 0.459. The van der Waals surface area contributed by atoms with Crippen molar-refractivity contribution in [1.29, 1.82) is 0 Å². The molecule has 0 saturated heterocycles. The lowest BCUT2D eigenvalue weighted by Gasteiger charge is -2.10. The summed E-state index contributed by atoms with van der Waals surface area (Å²) >= 11 is 8.08. The number of hydrogen-bond acceptors (Lipinski definition) is 1. The minimum Gasteiger partial charge on any atom is -0.168 e. The molecule has 0 aromatic carbocycles. The zero-order valence-electron chi connectivity index (χ0n) is 6.41. The Balaban J connectivity index is 3.07. The largest absolute Gasteiger partial charge is 0.168 e. The number of hydrogen-bond donors (Lipinski definition) is 0. The molecule has 9 heavy (non-hydrogen) atoms. The van der Waals surface area contributed by atoms with Crippen LogP contribution in [0.2, 0.25) is 19.1 Å². The van der Waals surface area contributed by atoms with E-state index in [2.05, 4.69) is 20.0 Å². The van der Waals surface area contributed by atoms with Crippen molar-refractivity contribution in [2.45, 2.75) is 26.1 Å². The Morgan fingerprint density at radius 3 is 2.33 bits per heavy atom. The van der Waals surface area contributed by atoms with Gasteiger partial charge in [0, 0.05) is 0 Å². The maximum absolute atomic E-state index is 6.09. The van der Waals surface area contributed by atoms with Crippen LogP contribution in [0.25, 0.3) is 0 Å². The van der Waals surface area contributed by atoms with Crippen LogP contribution in [-0.2, 0) is 0 Å². The second-order valence-corrected chi connectivity index (χ2v) is 11.1. The Hall–Kier alpha value is 0.857. The van der Waals surface area contributed by atoms with Gasteiger partial charge in [-0.25, -0.2) is 0 Å². The number of rotatable bonds is 4. The third-order valence-electron chi connectivity index (χ3n) is 1.05. The first-order valence-corrected chi connectivity index (χ1v) is 8.70. The molecule has 0 amide bonds. The quantitative estimate of drug-likeness (QED) is 0.366. The van der Waals surface area contributed by atoms with Gasteiger partial charge < -0.3 is 0 Å². The van der Waals surface area contributed by atoms with E-state index < -0.39 is 7.38 Å². The summed E-state index contributed by atoms with van der Waals surface area (Å²) in [6.07, 6.45) is 0. The van der Waals surface area contributed by atoms with E-state index in [1.807, 2.05) is 11.8 Å². The molecule has 0 aliphatic rings. The Bertz CT molecular complexity index is 69.9. The zero-order valence-corrected chi connectivity index (χ0v) is 8.98. The van der Waals surface area contributed by atoms with Crippen molar-refractivity contribution in [1.82, 2.24) is 0 Å². The van der Waals surface area contributed by atoms with Crippen LogP contribution < -0.4 is 0 Å². The van der Waals surface area contributed by atoms with Gasteiger partial charge in [0.25, 0.3) is 0 Å². The monoisotopic (exact) mass is 182 g/mol. The number of halogens is 1. The van der Waals surface area contributed by atoms with Gasteiger partial charge in [-0.3, -0.25) is 0 Å². The minimum absolute atomic E-state index is 1.22. The number of thioether (sulfide) groups is 1. The van der Waals surface area contributed by atoms with E-state index in [0.717, 1.165) is 0 Å². The first-order chi connectivity index (χ1) is 4.06. The van der Waals surface area contributed by atoms with Crippen molar-refractivity contribution < 1.29 is 0 Å². The van der Waals surface area contributed by atoms with E-state index >= 15 is 0 Å². The molecular formula is C6H15ClSSi. The molecule has 0 fully saturated rings. The summed E-state index contributed by atoms with van der Waals surface area (Å²) in [5.41, 5.74) is 0. The molecule has 0 saturated carbocycles. The Labute approximate surface area is 68.1 Å². The van der Waals surface area contributed by atoms with E-state index in [4.69, 9.17) is 11.1 Å². The minimum atomic E-state index is -1.24. The molecule has 0 nitrogen and oxygen atoms in total. The molecule has 0 spiro atoms. The fourth-order valence-corrected chi connectivity index (χ4v) is 3.96. The summed E-state index contributed by atoms with van der Waals surface area (Å²) in [5, 5.41) is 0. The second kappa shape index (κ2) is 4.64. The molecule has 0 bridgehead atoms. The van der Waals surface area contributed by atoms with Crippen LogP contribution >= 0.6 is 22.8 Å². The summed E-state index contributed by atoms with van der Waals surface area (Å²) in [6, 6.07) is 1.24. The summed E-state index contributed by atoms with van der Waals surface area (Å²) in [5.74, 6) is 2.47. The van der Waals surface area contributed by atoms with Crippen molar-refractivity contribution in [2.24, 2.45) is 0 Å². The van der Waals surface area contributed by atoms with Gasteiger partial charge in [0.1, 0.15) is 0 Å². The molecule has 0 atom stereocenters. The van der Waals surface area contributed by atoms with Crippen molar-refractivity contribution in [2.75, 3.05) is 11.5 Å². The molecule has 0 aliphatic heterocycles. The van der Waals surface area contributed by atoms with E-state index in [9.17, 15) is 0 Å². The van der Waals surface area contributed by atoms with Gasteiger partial charge in [0.2, 0.25) is 0 Å². The lowest BCUT2D eigenvalue weighted by Crippen LogP contribution is -2.16. The molecule has 56 valence electrons. The lowest BCUT2D eigenvalue weighted by molar-refractivity contribution is 1.40. The van der Waals surface area contributed by atoms with Crippen LogP contribution in [0.4, 0.5) is 0 Å². The molecule has 0 rings (SSSR count). The molecule has 0 radical (unpaired) electrons. The Morgan fingerprint density at radius 2 is 2.00 bits per heavy atom. The molecule has 0 heterocycles. The highest BCUT2D eigenvalue weighted by atomic mass is 35.6. The van der Waals surface area contributed by atoms with E-state index in [-0.39, 0.29) is 0 Å². The predicted octanol–water partition coefficient (Wildman–Crippen LogP) is 3.18. The molecule has 0 unspecified atom stereocenters. The average molecular weight is 183 g/mol. The first-order valence-electron chi connectivity index (χ1n) is 3.33. The zero-order chi connectivity index (χ0) is 7.33. The Kier molecular flexibility index (Phi) is 5.08. The molecule has 0 aromatic heterocycles. The van der Waals surface area contributed by atoms with Gasteiger partial charge in [-0.2, -0.15) is 22.8 Å². The highest BCUT2D eigenvalue weighted by Crippen LogP contribution is 2.17. The van der Waals surface area contributed by atoms with Gasteiger partial charge in [0.15, 0.2) is 7.38 Å². The molecule has 0 aromatic rings. The van der Waals surface area contributed by atoms with Crippen LogP contribution in [-0.4, -0.2) is 18.9 Å². The SMILES string of the molecule is CCSCC[Si](C)(C)Cl. The normalized spacial score (nSPS) is 12.0. The van der Waals surface area contributed by atoms with Gasteiger partial charge in [-0.15, -0.1) is 0 Å². The van der Waals surface area contributed by atoms with Crippen LogP contribution in [0.15, 0.2) is 0 Å².